The van der Waals surface area contributed by atoms with E-state index in [1.165, 1.54) is 22.4 Å². The van der Waals surface area contributed by atoms with Crippen LogP contribution in [0.4, 0.5) is 4.79 Å². The fraction of sp³-hybridized carbons (Fsp3) is 0.567. The maximum Gasteiger partial charge on any atom is 0.317 e. The quantitative estimate of drug-likeness (QED) is 0.585. The van der Waals surface area contributed by atoms with Crippen LogP contribution in [0, 0.1) is 5.92 Å². The number of aromatic nitrogens is 1. The molecule has 0 radical (unpaired) electrons. The molecule has 1 aromatic heterocycles. The molecule has 1 atom stereocenters. The molecule has 4 heterocycles. The second kappa shape index (κ2) is 13.7. The van der Waals surface area contributed by atoms with Crippen molar-refractivity contribution in [2.45, 2.75) is 58.6 Å². The van der Waals surface area contributed by atoms with E-state index in [1.807, 2.05) is 11.1 Å². The SMILES string of the molecule is CCc1ccnc(CC2CCN(C(C)=O)CC2)c1.O=C1NCCN1C[C@H](O)CN1CCc2ccccc2C1. The molecule has 2 fully saturated rings. The molecule has 206 valence electrons. The van der Waals surface area contributed by atoms with E-state index < -0.39 is 6.10 Å². The largest absolute Gasteiger partial charge is 0.390 e. The van der Waals surface area contributed by atoms with Crippen molar-refractivity contribution >= 4 is 11.9 Å². The van der Waals surface area contributed by atoms with Crippen LogP contribution >= 0.6 is 0 Å². The van der Waals surface area contributed by atoms with Gasteiger partial charge in [-0.05, 0) is 66.8 Å². The highest BCUT2D eigenvalue weighted by molar-refractivity contribution is 5.76. The first-order valence-electron chi connectivity index (χ1n) is 14.1. The molecule has 1 aromatic carbocycles. The number of carbonyl (C=O) groups excluding carboxylic acids is 2. The number of β-amino-alcohol motifs (C(OH)–C–C–N with tert-alkyl or cyclic N) is 1. The molecule has 2 N–H and O–H groups in total. The minimum Gasteiger partial charge on any atom is -0.390 e. The topological polar surface area (TPSA) is 89.0 Å². The highest BCUT2D eigenvalue weighted by atomic mass is 16.3. The van der Waals surface area contributed by atoms with Gasteiger partial charge in [0.15, 0.2) is 0 Å². The summed E-state index contributed by atoms with van der Waals surface area (Å²) >= 11 is 0. The van der Waals surface area contributed by atoms with Crippen molar-refractivity contribution in [2.24, 2.45) is 5.92 Å². The van der Waals surface area contributed by atoms with E-state index in [-0.39, 0.29) is 11.9 Å². The number of hydrogen-bond acceptors (Lipinski definition) is 5. The second-order valence-corrected chi connectivity index (χ2v) is 10.7. The highest BCUT2D eigenvalue weighted by Crippen LogP contribution is 2.21. The third-order valence-electron chi connectivity index (χ3n) is 7.90. The normalized spacial score (nSPS) is 18.9. The number of piperidine rings is 1. The van der Waals surface area contributed by atoms with Crippen molar-refractivity contribution in [3.8, 4) is 0 Å². The molecule has 2 saturated heterocycles. The van der Waals surface area contributed by atoms with Crippen LogP contribution in [0.3, 0.4) is 0 Å². The van der Waals surface area contributed by atoms with Crippen LogP contribution in [-0.2, 0) is 30.6 Å². The Balaban J connectivity index is 0.000000178. The van der Waals surface area contributed by atoms with Gasteiger partial charge in [0.1, 0.15) is 0 Å². The third kappa shape index (κ3) is 8.01. The molecule has 0 aliphatic carbocycles. The lowest BCUT2D eigenvalue weighted by Crippen LogP contribution is -2.43. The van der Waals surface area contributed by atoms with Gasteiger partial charge in [-0.2, -0.15) is 0 Å². The van der Waals surface area contributed by atoms with Gasteiger partial charge in [-0.25, -0.2) is 4.79 Å². The van der Waals surface area contributed by atoms with Crippen molar-refractivity contribution in [2.75, 3.05) is 45.8 Å². The Bertz CT molecular complexity index is 1070. The van der Waals surface area contributed by atoms with Crippen LogP contribution in [0.1, 0.15) is 49.1 Å². The summed E-state index contributed by atoms with van der Waals surface area (Å²) in [4.78, 5) is 33.1. The molecular formula is C30H43N5O3. The van der Waals surface area contributed by atoms with Crippen LogP contribution in [-0.4, -0.2) is 88.6 Å². The average Bonchev–Trinajstić information content (AvgIpc) is 3.33. The van der Waals surface area contributed by atoms with Gasteiger partial charge in [-0.3, -0.25) is 14.7 Å². The molecule has 38 heavy (non-hydrogen) atoms. The smallest absolute Gasteiger partial charge is 0.317 e. The molecule has 3 aliphatic rings. The van der Waals surface area contributed by atoms with Crippen molar-refractivity contribution in [1.29, 1.82) is 0 Å². The fourth-order valence-corrected chi connectivity index (χ4v) is 5.61. The lowest BCUT2D eigenvalue weighted by molar-refractivity contribution is -0.130. The second-order valence-electron chi connectivity index (χ2n) is 10.7. The van der Waals surface area contributed by atoms with Gasteiger partial charge in [0.25, 0.3) is 0 Å². The lowest BCUT2D eigenvalue weighted by Gasteiger charge is -2.31. The molecule has 0 saturated carbocycles. The summed E-state index contributed by atoms with van der Waals surface area (Å²) in [6, 6.07) is 12.7. The van der Waals surface area contributed by atoms with Gasteiger partial charge >= 0.3 is 6.03 Å². The molecule has 3 amide bonds. The molecule has 8 heteroatoms. The van der Waals surface area contributed by atoms with Gasteiger partial charge in [-0.15, -0.1) is 0 Å². The first-order chi connectivity index (χ1) is 18.4. The number of nitrogens with zero attached hydrogens (tertiary/aromatic N) is 4. The summed E-state index contributed by atoms with van der Waals surface area (Å²) in [5.41, 5.74) is 5.33. The fourth-order valence-electron chi connectivity index (χ4n) is 5.61. The van der Waals surface area contributed by atoms with E-state index in [1.54, 1.807) is 11.8 Å². The van der Waals surface area contributed by atoms with Crippen molar-refractivity contribution in [3.05, 3.63) is 65.0 Å². The third-order valence-corrected chi connectivity index (χ3v) is 7.90. The number of benzene rings is 1. The van der Waals surface area contributed by atoms with Gasteiger partial charge in [0.05, 0.1) is 6.10 Å². The maximum absolute atomic E-state index is 11.5. The Labute approximate surface area is 227 Å². The minimum atomic E-state index is -0.482. The van der Waals surface area contributed by atoms with Gasteiger partial charge < -0.3 is 20.2 Å². The Morgan fingerprint density at radius 1 is 1.11 bits per heavy atom. The number of rotatable bonds is 7. The molecule has 0 spiro atoms. The van der Waals surface area contributed by atoms with E-state index in [2.05, 4.69) is 58.5 Å². The number of nitrogens with one attached hydrogen (secondary N) is 1. The summed E-state index contributed by atoms with van der Waals surface area (Å²) < 4.78 is 0. The van der Waals surface area contributed by atoms with E-state index in [0.717, 1.165) is 58.3 Å². The zero-order valence-corrected chi connectivity index (χ0v) is 22.9. The Morgan fingerprint density at radius 3 is 2.55 bits per heavy atom. The predicted molar refractivity (Wildman–Crippen MR) is 149 cm³/mol. The first-order valence-corrected chi connectivity index (χ1v) is 14.1. The molecule has 0 bridgehead atoms. The summed E-state index contributed by atoms with van der Waals surface area (Å²) in [7, 11) is 0. The number of likely N-dealkylation sites (tertiary alicyclic amines) is 1. The molecule has 0 unspecified atom stereocenters. The van der Waals surface area contributed by atoms with Crippen molar-refractivity contribution in [1.82, 2.24) is 25.0 Å². The zero-order valence-electron chi connectivity index (χ0n) is 22.9. The van der Waals surface area contributed by atoms with Crippen LogP contribution < -0.4 is 5.32 Å². The summed E-state index contributed by atoms with van der Waals surface area (Å²) in [6.07, 6.45) is 6.81. The molecule has 5 rings (SSSR count). The Hall–Kier alpha value is -2.97. The molecule has 3 aliphatic heterocycles. The number of urea groups is 1. The minimum absolute atomic E-state index is 0.0620. The average molecular weight is 522 g/mol. The Morgan fingerprint density at radius 2 is 1.87 bits per heavy atom. The van der Waals surface area contributed by atoms with E-state index in [4.69, 9.17) is 0 Å². The number of aryl methyl sites for hydroxylation is 1. The van der Waals surface area contributed by atoms with Crippen LogP contribution in [0.15, 0.2) is 42.6 Å². The van der Waals surface area contributed by atoms with E-state index in [0.29, 0.717) is 32.1 Å². The number of fused-ring (bicyclic) bond motifs is 1. The van der Waals surface area contributed by atoms with E-state index >= 15 is 0 Å². The van der Waals surface area contributed by atoms with Crippen LogP contribution in [0.5, 0.6) is 0 Å². The first kappa shape index (κ1) is 28.0. The van der Waals surface area contributed by atoms with Gasteiger partial charge in [-0.1, -0.05) is 31.2 Å². The number of hydrogen-bond donors (Lipinski definition) is 2. The number of aliphatic hydroxyl groups excluding tert-OH is 1. The number of carbonyl (C=O) groups is 2. The molecule has 2 aromatic rings. The number of amides is 3. The molecule has 8 nitrogen and oxygen atoms in total. The van der Waals surface area contributed by atoms with Gasteiger partial charge in [0, 0.05) is 71.2 Å². The molecular weight excluding hydrogens is 478 g/mol. The van der Waals surface area contributed by atoms with Gasteiger partial charge in [0.2, 0.25) is 5.91 Å². The van der Waals surface area contributed by atoms with Crippen LogP contribution in [0.25, 0.3) is 0 Å². The van der Waals surface area contributed by atoms with Crippen molar-refractivity contribution in [3.63, 3.8) is 0 Å². The summed E-state index contributed by atoms with van der Waals surface area (Å²) in [6.45, 7) is 9.93. The number of pyridine rings is 1. The van der Waals surface area contributed by atoms with Crippen LogP contribution in [0.2, 0.25) is 0 Å². The number of aliphatic hydroxyl groups is 1. The van der Waals surface area contributed by atoms with E-state index in [9.17, 15) is 14.7 Å². The highest BCUT2D eigenvalue weighted by Gasteiger charge is 2.24. The maximum atomic E-state index is 11.5. The summed E-state index contributed by atoms with van der Waals surface area (Å²) in [5.74, 6) is 0.889. The summed E-state index contributed by atoms with van der Waals surface area (Å²) in [5, 5.41) is 12.9. The standard InChI is InChI=1S/C15H21N3O2.C15H22N2O/c19-14(11-18-8-6-16-15(18)20)10-17-7-5-12-3-1-2-4-13(12)9-17;1-3-13-4-7-16-15(10-13)11-14-5-8-17(9-6-14)12(2)18/h1-4,14,19H,5-11H2,(H,16,20);4,7,10,14H,3,5-6,8-9,11H2,1-2H3/t14-;/m1./s1. The monoisotopic (exact) mass is 521 g/mol. The lowest BCUT2D eigenvalue weighted by atomic mass is 9.91. The predicted octanol–water partition coefficient (Wildman–Crippen LogP) is 2.88. The zero-order chi connectivity index (χ0) is 26.9. The Kier molecular flexibility index (Phi) is 10.1. The van der Waals surface area contributed by atoms with Crippen molar-refractivity contribution < 1.29 is 14.7 Å².